The molecule has 0 spiro atoms. The third kappa shape index (κ3) is 5.13. The molecule has 0 aliphatic heterocycles. The fraction of sp³-hybridized carbons (Fsp3) is 0.421. The number of carbonyl (C=O) groups excluding carboxylic acids is 1. The van der Waals surface area contributed by atoms with E-state index in [4.69, 9.17) is 21.1 Å². The first-order valence-corrected chi connectivity index (χ1v) is 9.77. The van der Waals surface area contributed by atoms with Gasteiger partial charge in [-0.05, 0) is 43.8 Å². The maximum absolute atomic E-state index is 12.9. The van der Waals surface area contributed by atoms with E-state index >= 15 is 0 Å². The highest BCUT2D eigenvalue weighted by atomic mass is 35.5. The lowest BCUT2D eigenvalue weighted by molar-refractivity contribution is 0.0753. The average Bonchev–Trinajstić information content (AvgIpc) is 3.11. The molecule has 0 radical (unpaired) electrons. The molecule has 0 atom stereocenters. The maximum atomic E-state index is 12.9. The zero-order valence-electron chi connectivity index (χ0n) is 14.9. The third-order valence-electron chi connectivity index (χ3n) is 3.60. The van der Waals surface area contributed by atoms with Crippen molar-refractivity contribution in [3.63, 3.8) is 0 Å². The molecule has 0 saturated heterocycles. The van der Waals surface area contributed by atoms with E-state index in [1.165, 1.54) is 0 Å². The number of amides is 1. The van der Waals surface area contributed by atoms with Gasteiger partial charge in [0.15, 0.2) is 11.5 Å². The second-order valence-corrected chi connectivity index (χ2v) is 6.90. The van der Waals surface area contributed by atoms with Crippen molar-refractivity contribution in [3.8, 4) is 11.5 Å². The number of carbonyl (C=O) groups is 1. The fourth-order valence-electron chi connectivity index (χ4n) is 2.40. The second-order valence-electron chi connectivity index (χ2n) is 5.47. The van der Waals surface area contributed by atoms with E-state index in [0.717, 1.165) is 11.3 Å². The average molecular weight is 382 g/mol. The summed E-state index contributed by atoms with van der Waals surface area (Å²) in [5.74, 6) is 0.947. The lowest BCUT2D eigenvalue weighted by Gasteiger charge is -2.21. The van der Waals surface area contributed by atoms with Crippen molar-refractivity contribution < 1.29 is 14.3 Å². The molecule has 1 aromatic heterocycles. The van der Waals surface area contributed by atoms with E-state index in [1.54, 1.807) is 28.4 Å². The van der Waals surface area contributed by atoms with Crippen molar-refractivity contribution in [2.24, 2.45) is 0 Å². The topological polar surface area (TPSA) is 38.8 Å². The second kappa shape index (κ2) is 9.68. The van der Waals surface area contributed by atoms with Crippen LogP contribution in [0.2, 0.25) is 5.02 Å². The van der Waals surface area contributed by atoms with Gasteiger partial charge in [-0.2, -0.15) is 0 Å². The number of benzene rings is 1. The summed E-state index contributed by atoms with van der Waals surface area (Å²) in [6.45, 7) is 8.11. The van der Waals surface area contributed by atoms with Crippen LogP contribution in [0.4, 0.5) is 0 Å². The van der Waals surface area contributed by atoms with Gasteiger partial charge >= 0.3 is 0 Å². The minimum Gasteiger partial charge on any atom is -0.490 e. The summed E-state index contributed by atoms with van der Waals surface area (Å²) < 4.78 is 11.3. The number of halogens is 1. The Kier molecular flexibility index (Phi) is 7.59. The zero-order valence-corrected chi connectivity index (χ0v) is 16.5. The van der Waals surface area contributed by atoms with Gasteiger partial charge in [0.25, 0.3) is 5.91 Å². The van der Waals surface area contributed by atoms with Gasteiger partial charge in [-0.1, -0.05) is 24.6 Å². The summed E-state index contributed by atoms with van der Waals surface area (Å²) >= 11 is 8.01. The normalized spacial score (nSPS) is 10.6. The molecular formula is C19H24ClNO3S. The van der Waals surface area contributed by atoms with Gasteiger partial charge in [0.1, 0.15) is 0 Å². The predicted octanol–water partition coefficient (Wildman–Crippen LogP) is 5.25. The molecular weight excluding hydrogens is 358 g/mol. The van der Waals surface area contributed by atoms with Gasteiger partial charge in [-0.25, -0.2) is 0 Å². The quantitative estimate of drug-likeness (QED) is 0.595. The smallest absolute Gasteiger partial charge is 0.254 e. The van der Waals surface area contributed by atoms with Gasteiger partial charge in [-0.15, -0.1) is 11.3 Å². The number of thiophene rings is 1. The molecule has 1 aromatic carbocycles. The molecule has 136 valence electrons. The first kappa shape index (κ1) is 19.6. The summed E-state index contributed by atoms with van der Waals surface area (Å²) in [6, 6.07) is 7.40. The Morgan fingerprint density at radius 1 is 1.24 bits per heavy atom. The van der Waals surface area contributed by atoms with E-state index < -0.39 is 0 Å². The molecule has 0 saturated carbocycles. The monoisotopic (exact) mass is 381 g/mol. The Morgan fingerprint density at radius 3 is 2.64 bits per heavy atom. The summed E-state index contributed by atoms with van der Waals surface area (Å²) in [5, 5.41) is 2.41. The van der Waals surface area contributed by atoms with Crippen LogP contribution in [0.5, 0.6) is 11.5 Å². The van der Waals surface area contributed by atoms with Gasteiger partial charge in [-0.3, -0.25) is 4.79 Å². The summed E-state index contributed by atoms with van der Waals surface area (Å²) in [6.07, 6.45) is 0.868. The molecule has 0 bridgehead atoms. The van der Waals surface area contributed by atoms with Crippen LogP contribution < -0.4 is 9.47 Å². The molecule has 0 N–H and O–H groups in total. The van der Waals surface area contributed by atoms with Crippen LogP contribution in [-0.2, 0) is 6.54 Å². The van der Waals surface area contributed by atoms with E-state index in [0.29, 0.717) is 48.4 Å². The molecule has 0 aliphatic rings. The highest BCUT2D eigenvalue weighted by molar-refractivity contribution is 7.09. The van der Waals surface area contributed by atoms with E-state index in [-0.39, 0.29) is 5.91 Å². The fourth-order valence-corrected chi connectivity index (χ4v) is 3.38. The van der Waals surface area contributed by atoms with Crippen molar-refractivity contribution in [1.82, 2.24) is 4.90 Å². The minimum absolute atomic E-state index is 0.0687. The van der Waals surface area contributed by atoms with E-state index in [9.17, 15) is 4.79 Å². The Hall–Kier alpha value is -1.72. The highest BCUT2D eigenvalue weighted by Crippen LogP contribution is 2.37. The van der Waals surface area contributed by atoms with Crippen molar-refractivity contribution >= 4 is 28.8 Å². The number of nitrogens with zero attached hydrogens (tertiary/aromatic N) is 1. The molecule has 2 aromatic rings. The number of hydrogen-bond acceptors (Lipinski definition) is 4. The van der Waals surface area contributed by atoms with Crippen molar-refractivity contribution in [3.05, 3.63) is 45.1 Å². The highest BCUT2D eigenvalue weighted by Gasteiger charge is 2.20. The van der Waals surface area contributed by atoms with Crippen LogP contribution in [0.25, 0.3) is 0 Å². The van der Waals surface area contributed by atoms with E-state index in [1.807, 2.05) is 38.3 Å². The van der Waals surface area contributed by atoms with Crippen LogP contribution in [-0.4, -0.2) is 30.6 Å². The minimum atomic E-state index is -0.0687. The third-order valence-corrected chi connectivity index (χ3v) is 4.74. The largest absolute Gasteiger partial charge is 0.490 e. The Balaban J connectivity index is 2.28. The number of hydrogen-bond donors (Lipinski definition) is 0. The molecule has 1 amide bonds. The van der Waals surface area contributed by atoms with Crippen molar-refractivity contribution in [1.29, 1.82) is 0 Å². The first-order chi connectivity index (χ1) is 12.1. The van der Waals surface area contributed by atoms with Gasteiger partial charge in [0, 0.05) is 17.0 Å². The molecule has 25 heavy (non-hydrogen) atoms. The van der Waals surface area contributed by atoms with Crippen LogP contribution in [0.3, 0.4) is 0 Å². The molecule has 0 aliphatic carbocycles. The van der Waals surface area contributed by atoms with Crippen molar-refractivity contribution in [2.45, 2.75) is 33.7 Å². The summed E-state index contributed by atoms with van der Waals surface area (Å²) in [4.78, 5) is 15.9. The van der Waals surface area contributed by atoms with Gasteiger partial charge in [0.2, 0.25) is 0 Å². The molecule has 1 heterocycles. The summed E-state index contributed by atoms with van der Waals surface area (Å²) in [5.41, 5.74) is 0.510. The predicted molar refractivity (Wildman–Crippen MR) is 103 cm³/mol. The van der Waals surface area contributed by atoms with E-state index in [2.05, 4.69) is 0 Å². The lowest BCUT2D eigenvalue weighted by Crippen LogP contribution is -2.30. The number of ether oxygens (including phenoxy) is 2. The van der Waals surface area contributed by atoms with Crippen LogP contribution in [0.15, 0.2) is 29.6 Å². The summed E-state index contributed by atoms with van der Waals surface area (Å²) in [7, 11) is 0. The van der Waals surface area contributed by atoms with Crippen LogP contribution in [0.1, 0.15) is 42.4 Å². The first-order valence-electron chi connectivity index (χ1n) is 8.51. The zero-order chi connectivity index (χ0) is 18.2. The Labute approximate surface area is 158 Å². The molecule has 0 unspecified atom stereocenters. The number of rotatable bonds is 9. The van der Waals surface area contributed by atoms with Crippen LogP contribution >= 0.6 is 22.9 Å². The lowest BCUT2D eigenvalue weighted by atomic mass is 10.1. The molecule has 0 fully saturated rings. The van der Waals surface area contributed by atoms with Gasteiger partial charge in [0.05, 0.1) is 24.8 Å². The molecule has 4 nitrogen and oxygen atoms in total. The Bertz CT molecular complexity index is 688. The molecule has 6 heteroatoms. The molecule has 2 rings (SSSR count). The van der Waals surface area contributed by atoms with Gasteiger partial charge < -0.3 is 14.4 Å². The SMILES string of the molecule is CCCOc1c(Cl)cc(C(=O)N(CC)Cc2cccs2)cc1OCC. The standard InChI is InChI=1S/C19H24ClNO3S/c1-4-9-24-18-16(20)11-14(12-17(18)23-6-3)19(22)21(5-2)13-15-8-7-10-25-15/h7-8,10-12H,4-6,9,13H2,1-3H3. The van der Waals surface area contributed by atoms with Crippen LogP contribution in [0, 0.1) is 0 Å². The Morgan fingerprint density at radius 2 is 2.04 bits per heavy atom. The maximum Gasteiger partial charge on any atom is 0.254 e. The van der Waals surface area contributed by atoms with Crippen molar-refractivity contribution in [2.75, 3.05) is 19.8 Å².